The standard InChI is InChI=1S/C7H12O7/c1-13-6(11)4(10)5-2(8)3(9)7(12)14-5/h2-5,7-10,12H,1H3/t2-,3-,4+,5-,7+/m1/s1. The molecule has 4 N–H and O–H groups in total. The van der Waals surface area contributed by atoms with E-state index in [1.165, 1.54) is 0 Å². The third kappa shape index (κ3) is 1.86. The van der Waals surface area contributed by atoms with Gasteiger partial charge in [0.25, 0.3) is 0 Å². The predicted octanol–water partition coefficient (Wildman–Crippen LogP) is -3.04. The molecule has 0 aliphatic carbocycles. The first-order valence-electron chi connectivity index (χ1n) is 3.94. The van der Waals surface area contributed by atoms with Crippen molar-refractivity contribution in [2.75, 3.05) is 7.11 Å². The highest BCUT2D eigenvalue weighted by Gasteiger charge is 2.47. The van der Waals surface area contributed by atoms with E-state index in [2.05, 4.69) is 9.47 Å². The predicted molar refractivity (Wildman–Crippen MR) is 40.9 cm³/mol. The maximum Gasteiger partial charge on any atom is 0.337 e. The van der Waals surface area contributed by atoms with Crippen molar-refractivity contribution >= 4 is 5.97 Å². The zero-order chi connectivity index (χ0) is 10.9. The number of aliphatic hydroxyl groups excluding tert-OH is 4. The van der Waals surface area contributed by atoms with Crippen LogP contribution in [0.4, 0.5) is 0 Å². The molecule has 0 unspecified atom stereocenters. The lowest BCUT2D eigenvalue weighted by atomic mass is 10.1. The molecule has 0 bridgehead atoms. The van der Waals surface area contributed by atoms with Gasteiger partial charge in [-0.15, -0.1) is 0 Å². The van der Waals surface area contributed by atoms with E-state index < -0.39 is 36.7 Å². The number of carbonyl (C=O) groups is 1. The number of hydrogen-bond donors (Lipinski definition) is 4. The van der Waals surface area contributed by atoms with Crippen molar-refractivity contribution in [1.29, 1.82) is 0 Å². The minimum Gasteiger partial charge on any atom is -0.467 e. The first-order valence-corrected chi connectivity index (χ1v) is 3.94. The summed E-state index contributed by atoms with van der Waals surface area (Å²) >= 11 is 0. The molecular weight excluding hydrogens is 196 g/mol. The largest absolute Gasteiger partial charge is 0.467 e. The van der Waals surface area contributed by atoms with Crippen LogP contribution in [0.25, 0.3) is 0 Å². The number of aliphatic hydroxyl groups is 4. The van der Waals surface area contributed by atoms with Crippen LogP contribution >= 0.6 is 0 Å². The van der Waals surface area contributed by atoms with E-state index >= 15 is 0 Å². The molecule has 0 spiro atoms. The zero-order valence-corrected chi connectivity index (χ0v) is 7.40. The lowest BCUT2D eigenvalue weighted by molar-refractivity contribution is -0.172. The van der Waals surface area contributed by atoms with Gasteiger partial charge in [-0.1, -0.05) is 0 Å². The molecule has 0 radical (unpaired) electrons. The van der Waals surface area contributed by atoms with Gasteiger partial charge in [-0.2, -0.15) is 0 Å². The van der Waals surface area contributed by atoms with Gasteiger partial charge in [0.2, 0.25) is 0 Å². The summed E-state index contributed by atoms with van der Waals surface area (Å²) in [6, 6.07) is 0. The minimum absolute atomic E-state index is 1.00. The lowest BCUT2D eigenvalue weighted by Crippen LogP contribution is -2.43. The third-order valence-corrected chi connectivity index (χ3v) is 2.03. The van der Waals surface area contributed by atoms with E-state index in [4.69, 9.17) is 10.2 Å². The Kier molecular flexibility index (Phi) is 3.40. The number of hydrogen-bond acceptors (Lipinski definition) is 7. The van der Waals surface area contributed by atoms with E-state index in [1.807, 2.05) is 0 Å². The minimum atomic E-state index is -1.73. The van der Waals surface area contributed by atoms with E-state index in [0.717, 1.165) is 7.11 Å². The molecule has 0 aromatic carbocycles. The SMILES string of the molecule is COC(=O)[C@@H](O)[C@@H]1O[C@H](O)[C@H](O)[C@H]1O. The van der Waals surface area contributed by atoms with Crippen LogP contribution in [-0.4, -0.2) is 64.2 Å². The van der Waals surface area contributed by atoms with Gasteiger partial charge < -0.3 is 29.9 Å². The maximum absolute atomic E-state index is 10.8. The van der Waals surface area contributed by atoms with Gasteiger partial charge in [0.05, 0.1) is 7.11 Å². The molecule has 0 saturated carbocycles. The Bertz CT molecular complexity index is 218. The Morgan fingerprint density at radius 2 is 1.93 bits per heavy atom. The third-order valence-electron chi connectivity index (χ3n) is 2.03. The van der Waals surface area contributed by atoms with Crippen molar-refractivity contribution in [2.24, 2.45) is 0 Å². The van der Waals surface area contributed by atoms with Crippen LogP contribution < -0.4 is 0 Å². The fourth-order valence-electron chi connectivity index (χ4n) is 1.20. The topological polar surface area (TPSA) is 116 Å². The second-order valence-corrected chi connectivity index (χ2v) is 2.94. The summed E-state index contributed by atoms with van der Waals surface area (Å²) in [6.45, 7) is 0. The van der Waals surface area contributed by atoms with Gasteiger partial charge in [0.1, 0.15) is 18.3 Å². The van der Waals surface area contributed by atoms with Crippen molar-refractivity contribution in [1.82, 2.24) is 0 Å². The van der Waals surface area contributed by atoms with Gasteiger partial charge in [-0.25, -0.2) is 4.79 Å². The van der Waals surface area contributed by atoms with Crippen molar-refractivity contribution in [2.45, 2.75) is 30.7 Å². The average molecular weight is 208 g/mol. The smallest absolute Gasteiger partial charge is 0.337 e. The maximum atomic E-state index is 10.8. The van der Waals surface area contributed by atoms with Crippen LogP contribution in [0.3, 0.4) is 0 Å². The molecule has 1 saturated heterocycles. The summed E-state index contributed by atoms with van der Waals surface area (Å²) in [5, 5.41) is 36.5. The van der Waals surface area contributed by atoms with Crippen molar-refractivity contribution < 1.29 is 34.7 Å². The fraction of sp³-hybridized carbons (Fsp3) is 0.857. The van der Waals surface area contributed by atoms with Gasteiger partial charge in [-0.3, -0.25) is 0 Å². The Balaban J connectivity index is 2.66. The van der Waals surface area contributed by atoms with Gasteiger partial charge in [0.15, 0.2) is 12.4 Å². The van der Waals surface area contributed by atoms with Gasteiger partial charge in [0, 0.05) is 0 Å². The van der Waals surface area contributed by atoms with E-state index in [1.54, 1.807) is 0 Å². The van der Waals surface area contributed by atoms with E-state index in [9.17, 15) is 15.0 Å². The number of esters is 1. The summed E-state index contributed by atoms with van der Waals surface area (Å²) in [6.07, 6.45) is -7.80. The Morgan fingerprint density at radius 3 is 2.29 bits per heavy atom. The molecule has 82 valence electrons. The molecule has 1 heterocycles. The second kappa shape index (κ2) is 4.20. The van der Waals surface area contributed by atoms with Crippen LogP contribution in [0.5, 0.6) is 0 Å². The monoisotopic (exact) mass is 208 g/mol. The summed E-state index contributed by atoms with van der Waals surface area (Å²) in [5.41, 5.74) is 0. The molecule has 5 atom stereocenters. The number of carbonyl (C=O) groups excluding carboxylic acids is 1. The molecule has 1 rings (SSSR count). The molecule has 14 heavy (non-hydrogen) atoms. The lowest BCUT2D eigenvalue weighted by Gasteiger charge is -2.18. The van der Waals surface area contributed by atoms with E-state index in [0.29, 0.717) is 0 Å². The van der Waals surface area contributed by atoms with Crippen LogP contribution in [0.1, 0.15) is 0 Å². The molecule has 1 fully saturated rings. The van der Waals surface area contributed by atoms with Crippen molar-refractivity contribution in [3.63, 3.8) is 0 Å². The number of ether oxygens (including phenoxy) is 2. The van der Waals surface area contributed by atoms with E-state index in [-0.39, 0.29) is 0 Å². The Morgan fingerprint density at radius 1 is 1.36 bits per heavy atom. The summed E-state index contributed by atoms with van der Waals surface area (Å²) in [4.78, 5) is 10.8. The zero-order valence-electron chi connectivity index (χ0n) is 7.40. The normalized spacial score (nSPS) is 39.5. The summed E-state index contributed by atoms with van der Waals surface area (Å²) < 4.78 is 8.78. The molecule has 7 nitrogen and oxygen atoms in total. The highest BCUT2D eigenvalue weighted by Crippen LogP contribution is 2.22. The number of rotatable bonds is 2. The molecule has 1 aliphatic rings. The molecule has 0 amide bonds. The summed E-state index contributed by atoms with van der Waals surface area (Å²) in [5.74, 6) is -1.00. The van der Waals surface area contributed by atoms with Gasteiger partial charge in [-0.05, 0) is 0 Å². The highest BCUT2D eigenvalue weighted by atomic mass is 16.7. The van der Waals surface area contributed by atoms with Crippen LogP contribution in [0, 0.1) is 0 Å². The quantitative estimate of drug-likeness (QED) is 0.356. The molecule has 0 aromatic rings. The van der Waals surface area contributed by atoms with Crippen LogP contribution in [0.2, 0.25) is 0 Å². The van der Waals surface area contributed by atoms with Crippen LogP contribution in [-0.2, 0) is 14.3 Å². The first kappa shape index (κ1) is 11.3. The van der Waals surface area contributed by atoms with Gasteiger partial charge >= 0.3 is 5.97 Å². The van der Waals surface area contributed by atoms with Crippen molar-refractivity contribution in [3.8, 4) is 0 Å². The summed E-state index contributed by atoms with van der Waals surface area (Å²) in [7, 11) is 1.06. The molecule has 0 aromatic heterocycles. The molecule has 7 heteroatoms. The number of methoxy groups -OCH3 is 1. The average Bonchev–Trinajstić information content (AvgIpc) is 2.43. The fourth-order valence-corrected chi connectivity index (χ4v) is 1.20. The first-order chi connectivity index (χ1) is 6.49. The van der Waals surface area contributed by atoms with Crippen LogP contribution in [0.15, 0.2) is 0 Å². The Labute approximate surface area is 79.5 Å². The Hall–Kier alpha value is -0.730. The molecular formula is C7H12O7. The highest BCUT2D eigenvalue weighted by molar-refractivity contribution is 5.75. The second-order valence-electron chi connectivity index (χ2n) is 2.94. The molecule has 1 aliphatic heterocycles. The van der Waals surface area contributed by atoms with Crippen molar-refractivity contribution in [3.05, 3.63) is 0 Å².